The van der Waals surface area contributed by atoms with Gasteiger partial charge in [-0.3, -0.25) is 0 Å². The van der Waals surface area contributed by atoms with Crippen molar-refractivity contribution in [3.05, 3.63) is 70.2 Å². The highest BCUT2D eigenvalue weighted by Crippen LogP contribution is 2.34. The van der Waals surface area contributed by atoms with Crippen molar-refractivity contribution < 1.29 is 0 Å². The molecule has 0 radical (unpaired) electrons. The van der Waals surface area contributed by atoms with Gasteiger partial charge in [-0.1, -0.05) is 54.1 Å². The van der Waals surface area contributed by atoms with Crippen LogP contribution in [0.2, 0.25) is 5.02 Å². The van der Waals surface area contributed by atoms with Crippen LogP contribution >= 0.6 is 34.8 Å². The second kappa shape index (κ2) is 6.85. The van der Waals surface area contributed by atoms with Gasteiger partial charge in [0.2, 0.25) is 0 Å². The lowest BCUT2D eigenvalue weighted by Gasteiger charge is -2.31. The van der Waals surface area contributed by atoms with Crippen LogP contribution in [0, 0.1) is 6.92 Å². The van der Waals surface area contributed by atoms with Gasteiger partial charge >= 0.3 is 0 Å². The van der Waals surface area contributed by atoms with Crippen molar-refractivity contribution in [2.45, 2.75) is 18.8 Å². The molecule has 0 aliphatic carbocycles. The third kappa shape index (κ3) is 3.31. The maximum atomic E-state index is 6.35. The smallest absolute Gasteiger partial charge is 0.0440 e. The first-order chi connectivity index (χ1) is 9.61. The molecule has 0 N–H and O–H groups in total. The Kier molecular flexibility index (Phi) is 5.37. The first-order valence-electron chi connectivity index (χ1n) is 6.54. The van der Waals surface area contributed by atoms with Gasteiger partial charge in [-0.05, 0) is 36.1 Å². The average Bonchev–Trinajstić information content (AvgIpc) is 2.48. The van der Waals surface area contributed by atoms with Crippen molar-refractivity contribution in [1.29, 1.82) is 0 Å². The quantitative estimate of drug-likeness (QED) is 0.626. The summed E-state index contributed by atoms with van der Waals surface area (Å²) in [5.41, 5.74) is 3.10. The predicted octanol–water partition coefficient (Wildman–Crippen LogP) is 5.61. The summed E-state index contributed by atoms with van der Waals surface area (Å²) in [5.74, 6) is 0.926. The largest absolute Gasteiger partial charge is 0.126 e. The fraction of sp³-hybridized carbons (Fsp3) is 0.294. The molecular weight excluding hydrogens is 311 g/mol. The van der Waals surface area contributed by atoms with Crippen LogP contribution in [0.1, 0.15) is 16.7 Å². The zero-order valence-corrected chi connectivity index (χ0v) is 13.6. The van der Waals surface area contributed by atoms with Gasteiger partial charge in [0.15, 0.2) is 0 Å². The summed E-state index contributed by atoms with van der Waals surface area (Å²) in [4.78, 5) is 0. The molecule has 106 valence electrons. The normalized spacial score (nSPS) is 11.6. The van der Waals surface area contributed by atoms with Crippen LogP contribution in [0.5, 0.6) is 0 Å². The molecule has 0 aliphatic rings. The van der Waals surface area contributed by atoms with E-state index < -0.39 is 0 Å². The summed E-state index contributed by atoms with van der Waals surface area (Å²) in [5, 5.41) is 0.778. The van der Waals surface area contributed by atoms with Crippen molar-refractivity contribution in [2.24, 2.45) is 0 Å². The van der Waals surface area contributed by atoms with Gasteiger partial charge in [0, 0.05) is 22.2 Å². The van der Waals surface area contributed by atoms with Gasteiger partial charge < -0.3 is 0 Å². The highest BCUT2D eigenvalue weighted by Gasteiger charge is 2.31. The summed E-state index contributed by atoms with van der Waals surface area (Å²) >= 11 is 18.9. The standard InChI is InChI=1S/C17H17Cl3/c1-13-7-8-14(16(20)9-13)10-17(11-18,12-19)15-5-3-2-4-6-15/h2-9H,10-12H2,1H3. The molecule has 0 aliphatic heterocycles. The fourth-order valence-corrected chi connectivity index (χ4v) is 3.42. The molecule has 0 saturated carbocycles. The second-order valence-electron chi connectivity index (χ2n) is 5.19. The summed E-state index contributed by atoms with van der Waals surface area (Å²) in [6.07, 6.45) is 0.739. The van der Waals surface area contributed by atoms with Crippen LogP contribution in [-0.4, -0.2) is 11.8 Å². The number of benzene rings is 2. The van der Waals surface area contributed by atoms with Crippen LogP contribution in [0.4, 0.5) is 0 Å². The van der Waals surface area contributed by atoms with E-state index in [1.54, 1.807) is 0 Å². The lowest BCUT2D eigenvalue weighted by molar-refractivity contribution is 0.536. The Morgan fingerprint density at radius 1 is 0.950 bits per heavy atom. The molecule has 20 heavy (non-hydrogen) atoms. The summed E-state index contributed by atoms with van der Waals surface area (Å²) in [6, 6.07) is 16.3. The van der Waals surface area contributed by atoms with Gasteiger partial charge in [-0.25, -0.2) is 0 Å². The van der Waals surface area contributed by atoms with E-state index in [9.17, 15) is 0 Å². The van der Waals surface area contributed by atoms with E-state index in [-0.39, 0.29) is 5.41 Å². The molecule has 2 rings (SSSR count). The van der Waals surface area contributed by atoms with Crippen molar-refractivity contribution in [3.8, 4) is 0 Å². The monoisotopic (exact) mass is 326 g/mol. The minimum Gasteiger partial charge on any atom is -0.126 e. The van der Waals surface area contributed by atoms with Gasteiger partial charge in [-0.15, -0.1) is 23.2 Å². The van der Waals surface area contributed by atoms with Crippen molar-refractivity contribution in [2.75, 3.05) is 11.8 Å². The Bertz CT molecular complexity index is 560. The highest BCUT2D eigenvalue weighted by atomic mass is 35.5. The maximum absolute atomic E-state index is 6.35. The Morgan fingerprint density at radius 2 is 1.60 bits per heavy atom. The molecule has 0 heterocycles. The van der Waals surface area contributed by atoms with Gasteiger partial charge in [0.1, 0.15) is 0 Å². The van der Waals surface area contributed by atoms with Crippen LogP contribution in [0.25, 0.3) is 0 Å². The van der Waals surface area contributed by atoms with E-state index in [1.807, 2.05) is 31.2 Å². The SMILES string of the molecule is Cc1ccc(CC(CCl)(CCl)c2ccccc2)c(Cl)c1. The number of halogens is 3. The first-order valence-corrected chi connectivity index (χ1v) is 7.98. The third-order valence-electron chi connectivity index (χ3n) is 3.64. The van der Waals surface area contributed by atoms with E-state index in [2.05, 4.69) is 24.3 Å². The van der Waals surface area contributed by atoms with Gasteiger partial charge in [0.25, 0.3) is 0 Å². The molecule has 0 saturated heterocycles. The minimum absolute atomic E-state index is 0.288. The lowest BCUT2D eigenvalue weighted by atomic mass is 9.78. The van der Waals surface area contributed by atoms with Gasteiger partial charge in [-0.2, -0.15) is 0 Å². The summed E-state index contributed by atoms with van der Waals surface area (Å²) in [7, 11) is 0. The molecule has 2 aromatic carbocycles. The fourth-order valence-electron chi connectivity index (χ4n) is 2.34. The average molecular weight is 328 g/mol. The second-order valence-corrected chi connectivity index (χ2v) is 6.13. The van der Waals surface area contributed by atoms with E-state index in [0.717, 1.165) is 28.1 Å². The van der Waals surface area contributed by atoms with Crippen molar-refractivity contribution in [3.63, 3.8) is 0 Å². The van der Waals surface area contributed by atoms with E-state index in [4.69, 9.17) is 34.8 Å². The molecular formula is C17H17Cl3. The molecule has 0 bridgehead atoms. The zero-order valence-electron chi connectivity index (χ0n) is 11.4. The zero-order chi connectivity index (χ0) is 14.6. The van der Waals surface area contributed by atoms with Crippen molar-refractivity contribution >= 4 is 34.8 Å². The summed E-state index contributed by atoms with van der Waals surface area (Å²) in [6.45, 7) is 2.03. The predicted molar refractivity (Wildman–Crippen MR) is 89.5 cm³/mol. The Balaban J connectivity index is 2.39. The van der Waals surface area contributed by atoms with Crippen LogP contribution in [-0.2, 0) is 11.8 Å². The topological polar surface area (TPSA) is 0 Å². The molecule has 2 aromatic rings. The molecule has 0 aromatic heterocycles. The first kappa shape index (κ1) is 15.7. The lowest BCUT2D eigenvalue weighted by Crippen LogP contribution is -2.33. The maximum Gasteiger partial charge on any atom is 0.0440 e. The number of alkyl halides is 2. The van der Waals surface area contributed by atoms with Crippen molar-refractivity contribution in [1.82, 2.24) is 0 Å². The summed E-state index contributed by atoms with van der Waals surface area (Å²) < 4.78 is 0. The Labute approximate surface area is 135 Å². The number of hydrogen-bond acceptors (Lipinski definition) is 0. The molecule has 0 fully saturated rings. The van der Waals surface area contributed by atoms with E-state index in [1.165, 1.54) is 0 Å². The molecule has 0 nitrogen and oxygen atoms in total. The number of aryl methyl sites for hydroxylation is 1. The minimum atomic E-state index is -0.288. The van der Waals surface area contributed by atoms with E-state index in [0.29, 0.717) is 11.8 Å². The molecule has 0 spiro atoms. The molecule has 3 heteroatoms. The van der Waals surface area contributed by atoms with Crippen LogP contribution in [0.3, 0.4) is 0 Å². The Hall–Kier alpha value is -0.690. The number of hydrogen-bond donors (Lipinski definition) is 0. The molecule has 0 atom stereocenters. The third-order valence-corrected chi connectivity index (χ3v) is 5.01. The van der Waals surface area contributed by atoms with Gasteiger partial charge in [0.05, 0.1) is 0 Å². The van der Waals surface area contributed by atoms with Crippen LogP contribution < -0.4 is 0 Å². The number of rotatable bonds is 5. The Morgan fingerprint density at radius 3 is 2.15 bits per heavy atom. The van der Waals surface area contributed by atoms with E-state index >= 15 is 0 Å². The highest BCUT2D eigenvalue weighted by molar-refractivity contribution is 6.31. The molecule has 0 unspecified atom stereocenters. The van der Waals surface area contributed by atoms with Crippen LogP contribution in [0.15, 0.2) is 48.5 Å². The molecule has 0 amide bonds.